The lowest BCUT2D eigenvalue weighted by Gasteiger charge is -2.23. The summed E-state index contributed by atoms with van der Waals surface area (Å²) in [6.45, 7) is 14.2. The van der Waals surface area contributed by atoms with E-state index in [1.165, 1.54) is 19.3 Å². The average molecular weight is 515 g/mol. The van der Waals surface area contributed by atoms with Gasteiger partial charge in [0, 0.05) is 31.7 Å². The minimum atomic E-state index is -0.309. The lowest BCUT2D eigenvalue weighted by atomic mass is 9.86. The van der Waals surface area contributed by atoms with Gasteiger partial charge in [-0.3, -0.25) is 9.59 Å². The molecule has 0 aliphatic heterocycles. The van der Waals surface area contributed by atoms with Crippen LogP contribution in [-0.2, 0) is 23.8 Å². The molecule has 0 heterocycles. The van der Waals surface area contributed by atoms with Gasteiger partial charge in [0.1, 0.15) is 6.61 Å². The third-order valence-corrected chi connectivity index (χ3v) is 6.39. The van der Waals surface area contributed by atoms with Gasteiger partial charge in [0.25, 0.3) is 0 Å². The summed E-state index contributed by atoms with van der Waals surface area (Å²) < 4.78 is 17.0. The van der Waals surface area contributed by atoms with Crippen molar-refractivity contribution in [1.29, 1.82) is 0 Å². The van der Waals surface area contributed by atoms with Gasteiger partial charge >= 0.3 is 0 Å². The van der Waals surface area contributed by atoms with E-state index in [4.69, 9.17) is 14.2 Å². The smallest absolute Gasteiger partial charge is 0.246 e. The van der Waals surface area contributed by atoms with Gasteiger partial charge in [-0.15, -0.1) is 0 Å². The summed E-state index contributed by atoms with van der Waals surface area (Å²) in [6.07, 6.45) is 14.3. The van der Waals surface area contributed by atoms with Gasteiger partial charge in [-0.1, -0.05) is 79.6 Å². The maximum absolute atomic E-state index is 12.4. The van der Waals surface area contributed by atoms with Crippen molar-refractivity contribution in [3.05, 3.63) is 0 Å². The average Bonchev–Trinajstić information content (AvgIpc) is 2.86. The second kappa shape index (κ2) is 24.2. The maximum atomic E-state index is 12.4. The molecule has 0 saturated heterocycles. The van der Waals surface area contributed by atoms with E-state index in [1.807, 2.05) is 13.8 Å². The van der Waals surface area contributed by atoms with Gasteiger partial charge in [-0.05, 0) is 38.5 Å². The molecule has 2 N–H and O–H groups in total. The van der Waals surface area contributed by atoms with Crippen molar-refractivity contribution in [3.8, 4) is 0 Å². The van der Waals surface area contributed by atoms with E-state index in [-0.39, 0.29) is 29.9 Å². The summed E-state index contributed by atoms with van der Waals surface area (Å²) in [4.78, 5) is 24.3. The molecule has 0 radical (unpaired) electrons. The molecular formula is C29H58N2O5. The Bertz CT molecular complexity index is 528. The van der Waals surface area contributed by atoms with Gasteiger partial charge in [0.05, 0.1) is 19.3 Å². The molecule has 214 valence electrons. The van der Waals surface area contributed by atoms with Crippen LogP contribution in [0.4, 0.5) is 0 Å². The van der Waals surface area contributed by atoms with Crippen LogP contribution in [0, 0.1) is 5.41 Å². The number of carbonyl (C=O) groups is 2. The lowest BCUT2D eigenvalue weighted by Crippen LogP contribution is -2.38. The number of unbranched alkanes of at least 4 members (excludes halogenated alkanes) is 6. The SMILES string of the molecule is CCCCCCC(C)(C)C(=O)NCCOCCCCCOCCNC(=O)COC(CCC)CCCC. The van der Waals surface area contributed by atoms with Gasteiger partial charge in [-0.2, -0.15) is 0 Å². The number of ether oxygens (including phenoxy) is 3. The second-order valence-electron chi connectivity index (χ2n) is 10.4. The van der Waals surface area contributed by atoms with Gasteiger partial charge in [0.2, 0.25) is 11.8 Å². The maximum Gasteiger partial charge on any atom is 0.246 e. The van der Waals surface area contributed by atoms with E-state index in [9.17, 15) is 9.59 Å². The van der Waals surface area contributed by atoms with Crippen molar-refractivity contribution in [2.75, 3.05) is 46.1 Å². The fourth-order valence-corrected chi connectivity index (χ4v) is 3.94. The molecule has 0 fully saturated rings. The Morgan fingerprint density at radius 1 is 0.694 bits per heavy atom. The summed E-state index contributed by atoms with van der Waals surface area (Å²) in [6, 6.07) is 0. The molecule has 0 rings (SSSR count). The quantitative estimate of drug-likeness (QED) is 0.143. The molecule has 0 aliphatic rings. The van der Waals surface area contributed by atoms with Crippen LogP contribution in [0.1, 0.15) is 118 Å². The molecule has 0 aliphatic carbocycles. The van der Waals surface area contributed by atoms with Crippen molar-refractivity contribution >= 4 is 11.8 Å². The second-order valence-corrected chi connectivity index (χ2v) is 10.4. The first-order chi connectivity index (χ1) is 17.4. The van der Waals surface area contributed by atoms with Crippen molar-refractivity contribution in [2.45, 2.75) is 124 Å². The van der Waals surface area contributed by atoms with Gasteiger partial charge in [-0.25, -0.2) is 0 Å². The summed E-state index contributed by atoms with van der Waals surface area (Å²) in [5, 5.41) is 5.87. The molecule has 0 saturated carbocycles. The van der Waals surface area contributed by atoms with E-state index in [2.05, 4.69) is 31.4 Å². The molecule has 1 atom stereocenters. The van der Waals surface area contributed by atoms with Crippen LogP contribution >= 0.6 is 0 Å². The van der Waals surface area contributed by atoms with E-state index in [1.54, 1.807) is 0 Å². The standard InChI is InChI=1S/C29H58N2O5/c1-6-9-11-13-18-29(4,5)28(33)31-20-24-35-22-15-12-14-21-34-23-19-30-27(32)25-36-26(16-8-3)17-10-7-2/h26H,6-25H2,1-5H3,(H,30,32)(H,31,33). The predicted octanol–water partition coefficient (Wildman–Crippen LogP) is 5.79. The minimum Gasteiger partial charge on any atom is -0.380 e. The summed E-state index contributed by atoms with van der Waals surface area (Å²) in [5.41, 5.74) is -0.309. The minimum absolute atomic E-state index is 0.0694. The molecule has 0 aromatic carbocycles. The zero-order chi connectivity index (χ0) is 26.9. The third-order valence-electron chi connectivity index (χ3n) is 6.39. The van der Waals surface area contributed by atoms with Crippen molar-refractivity contribution < 1.29 is 23.8 Å². The fourth-order valence-electron chi connectivity index (χ4n) is 3.94. The summed E-state index contributed by atoms with van der Waals surface area (Å²) in [7, 11) is 0. The Morgan fingerprint density at radius 3 is 1.92 bits per heavy atom. The van der Waals surface area contributed by atoms with Gasteiger partial charge in [0.15, 0.2) is 0 Å². The van der Waals surface area contributed by atoms with Crippen molar-refractivity contribution in [2.24, 2.45) is 5.41 Å². The molecule has 0 spiro atoms. The van der Waals surface area contributed by atoms with Crippen LogP contribution in [0.15, 0.2) is 0 Å². The number of hydrogen-bond donors (Lipinski definition) is 2. The fraction of sp³-hybridized carbons (Fsp3) is 0.931. The monoisotopic (exact) mass is 514 g/mol. The molecule has 0 bridgehead atoms. The zero-order valence-electron chi connectivity index (χ0n) is 24.3. The van der Waals surface area contributed by atoms with E-state index in [0.717, 1.165) is 64.2 Å². The number of carbonyl (C=O) groups excluding carboxylic acids is 2. The topological polar surface area (TPSA) is 85.9 Å². The molecule has 0 aromatic heterocycles. The van der Waals surface area contributed by atoms with Crippen LogP contribution in [0.25, 0.3) is 0 Å². The predicted molar refractivity (Wildman–Crippen MR) is 148 cm³/mol. The molecule has 1 unspecified atom stereocenters. The van der Waals surface area contributed by atoms with Crippen LogP contribution in [0.3, 0.4) is 0 Å². The first kappa shape index (κ1) is 34.8. The first-order valence-electron chi connectivity index (χ1n) is 14.7. The Morgan fingerprint density at radius 2 is 1.31 bits per heavy atom. The lowest BCUT2D eigenvalue weighted by molar-refractivity contribution is -0.130. The number of hydrogen-bond acceptors (Lipinski definition) is 5. The first-order valence-corrected chi connectivity index (χ1v) is 14.7. The molecular weight excluding hydrogens is 456 g/mol. The molecule has 7 heteroatoms. The van der Waals surface area contributed by atoms with Crippen LogP contribution in [0.2, 0.25) is 0 Å². The summed E-state index contributed by atoms with van der Waals surface area (Å²) >= 11 is 0. The van der Waals surface area contributed by atoms with Crippen LogP contribution in [-0.4, -0.2) is 64.0 Å². The van der Waals surface area contributed by atoms with Crippen LogP contribution < -0.4 is 10.6 Å². The van der Waals surface area contributed by atoms with Crippen LogP contribution in [0.5, 0.6) is 0 Å². The third kappa shape index (κ3) is 21.0. The molecule has 36 heavy (non-hydrogen) atoms. The highest BCUT2D eigenvalue weighted by molar-refractivity contribution is 5.81. The van der Waals surface area contributed by atoms with Crippen molar-refractivity contribution in [1.82, 2.24) is 10.6 Å². The number of amides is 2. The Kier molecular flexibility index (Phi) is 23.4. The normalized spacial score (nSPS) is 12.5. The zero-order valence-corrected chi connectivity index (χ0v) is 24.3. The Labute approximate surface area is 222 Å². The highest BCUT2D eigenvalue weighted by atomic mass is 16.5. The van der Waals surface area contributed by atoms with Crippen molar-refractivity contribution in [3.63, 3.8) is 0 Å². The molecule has 7 nitrogen and oxygen atoms in total. The highest BCUT2D eigenvalue weighted by Crippen LogP contribution is 2.24. The Balaban J connectivity index is 3.53. The van der Waals surface area contributed by atoms with E-state index < -0.39 is 0 Å². The number of rotatable bonds is 26. The Hall–Kier alpha value is -1.18. The van der Waals surface area contributed by atoms with Gasteiger partial charge < -0.3 is 24.8 Å². The van der Waals surface area contributed by atoms with E-state index >= 15 is 0 Å². The number of nitrogens with one attached hydrogen (secondary N) is 2. The summed E-state index contributed by atoms with van der Waals surface area (Å²) in [5.74, 6) is 0.0520. The highest BCUT2D eigenvalue weighted by Gasteiger charge is 2.26. The largest absolute Gasteiger partial charge is 0.380 e. The van der Waals surface area contributed by atoms with E-state index in [0.29, 0.717) is 39.5 Å². The molecule has 0 aromatic rings. The molecule has 2 amide bonds.